The maximum atomic E-state index is 14.7. The molecule has 2 aromatic heterocycles. The summed E-state index contributed by atoms with van der Waals surface area (Å²) in [6, 6.07) is 23.5. The van der Waals surface area contributed by atoms with Crippen LogP contribution in [0.3, 0.4) is 0 Å². The summed E-state index contributed by atoms with van der Waals surface area (Å²) in [7, 11) is 0. The third-order valence-electron chi connectivity index (χ3n) is 13.6. The summed E-state index contributed by atoms with van der Waals surface area (Å²) in [5.74, 6) is -1.09. The summed E-state index contributed by atoms with van der Waals surface area (Å²) in [6.45, 7) is 13.5. The van der Waals surface area contributed by atoms with Gasteiger partial charge < -0.3 is 25.6 Å². The van der Waals surface area contributed by atoms with Gasteiger partial charge in [0.15, 0.2) is 0 Å². The van der Waals surface area contributed by atoms with Crippen LogP contribution in [0, 0.1) is 18.3 Å². The van der Waals surface area contributed by atoms with Crippen LogP contribution in [0.25, 0.3) is 27.4 Å². The second-order valence-corrected chi connectivity index (χ2v) is 20.6. The van der Waals surface area contributed by atoms with E-state index in [1.165, 1.54) is 28.3 Å². The van der Waals surface area contributed by atoms with E-state index in [0.717, 1.165) is 90.8 Å². The lowest BCUT2D eigenvalue weighted by atomic mass is 9.85. The van der Waals surface area contributed by atoms with Gasteiger partial charge in [0, 0.05) is 68.7 Å². The maximum absolute atomic E-state index is 14.7. The predicted octanol–water partition coefficient (Wildman–Crippen LogP) is 8.01. The summed E-state index contributed by atoms with van der Waals surface area (Å²) < 4.78 is 0. The lowest BCUT2D eigenvalue weighted by Gasteiger charge is -2.36. The Morgan fingerprint density at radius 1 is 0.985 bits per heavy atom. The molecule has 4 amide bonds. The fourth-order valence-electron chi connectivity index (χ4n) is 9.93. The normalized spacial score (nSPS) is 19.8. The van der Waals surface area contributed by atoms with Gasteiger partial charge in [-0.15, -0.1) is 11.3 Å². The Morgan fingerprint density at radius 2 is 1.75 bits per heavy atom. The average Bonchev–Trinajstić information content (AvgIpc) is 4.01. The van der Waals surface area contributed by atoms with E-state index in [-0.39, 0.29) is 48.6 Å². The molecule has 6 atom stereocenters. The second-order valence-electron chi connectivity index (χ2n) is 19.8. The third-order valence-corrected chi connectivity index (χ3v) is 14.6. The first-order valence-electron chi connectivity index (χ1n) is 24.3. The van der Waals surface area contributed by atoms with Gasteiger partial charge in [0.1, 0.15) is 12.1 Å². The molecule has 68 heavy (non-hydrogen) atoms. The molecule has 362 valence electrons. The minimum absolute atomic E-state index is 0.0174. The van der Waals surface area contributed by atoms with Crippen LogP contribution in [-0.4, -0.2) is 92.4 Å². The van der Waals surface area contributed by atoms with Crippen molar-refractivity contribution >= 4 is 51.9 Å². The van der Waals surface area contributed by atoms with Gasteiger partial charge in [0.2, 0.25) is 17.7 Å². The zero-order valence-corrected chi connectivity index (χ0v) is 41.3. The Balaban J connectivity index is 1.12. The number of aryl methyl sites for hydroxylation is 1. The lowest BCUT2D eigenvalue weighted by molar-refractivity contribution is -0.144. The minimum Gasteiger partial charge on any atom is -0.391 e. The Bertz CT molecular complexity index is 2510. The molecule has 6 N–H and O–H groups in total. The van der Waals surface area contributed by atoms with E-state index in [0.29, 0.717) is 12.6 Å². The van der Waals surface area contributed by atoms with Gasteiger partial charge in [-0.2, -0.15) is 0 Å². The molecule has 0 spiro atoms. The van der Waals surface area contributed by atoms with Gasteiger partial charge in [-0.25, -0.2) is 10.4 Å². The molecule has 13 nitrogen and oxygen atoms in total. The third kappa shape index (κ3) is 12.9. The van der Waals surface area contributed by atoms with E-state index >= 15 is 0 Å². The molecular formula is C54H70N8O5S. The number of aromatic amines is 1. The van der Waals surface area contributed by atoms with E-state index in [4.69, 9.17) is 0 Å². The Hall–Kier alpha value is -5.67. The molecule has 2 unspecified atom stereocenters. The Kier molecular flexibility index (Phi) is 17.0. The number of hydrazine groups is 1. The number of likely N-dealkylation sites (tertiary alicyclic amines) is 1. The standard InChI is InChI=1S/C54H70N8O5S/c1-7-28-57-60-48(65)26-19-37-15-17-38(18-16-37)32-61(29-27-42-31-55-46-14-9-8-13-45(42)46)43-12-10-11-39(24-25-43)49(40-20-22-41(23-21-40)50-35(2)56-34-68-50)59-52(66)47-30-44(64)33-62(47)53(67)51(54(4,5)6)58-36(3)63/h8-9,13-23,26,31,34,39,43-44,47,49,51,55,57,64H,7,10-12,24-25,27-30,32-33H2,1-6H3,(H,58,63)(H,59,66)(H,60,65)/b26-19+/t39?,43?,44-,47+,49+,51-/m1/s1. The number of rotatable bonds is 18. The first-order chi connectivity index (χ1) is 32.7. The summed E-state index contributed by atoms with van der Waals surface area (Å²) in [6.07, 6.45) is 11.3. The highest BCUT2D eigenvalue weighted by molar-refractivity contribution is 7.13. The fraction of sp³-hybridized carbons (Fsp3) is 0.463. The number of carbonyl (C=O) groups excluding carboxylic acids is 4. The number of aliphatic hydroxyl groups is 1. The van der Waals surface area contributed by atoms with Crippen LogP contribution in [0.15, 0.2) is 90.6 Å². The van der Waals surface area contributed by atoms with Crippen LogP contribution in [0.4, 0.5) is 0 Å². The van der Waals surface area contributed by atoms with Gasteiger partial charge in [-0.3, -0.25) is 29.5 Å². The molecule has 0 bridgehead atoms. The molecule has 5 aromatic rings. The van der Waals surface area contributed by atoms with Gasteiger partial charge in [0.05, 0.1) is 28.2 Å². The zero-order valence-electron chi connectivity index (χ0n) is 40.5. The molecule has 2 aliphatic rings. The molecule has 7 rings (SSSR count). The van der Waals surface area contributed by atoms with Crippen molar-refractivity contribution in [1.29, 1.82) is 0 Å². The van der Waals surface area contributed by atoms with Crippen molar-refractivity contribution in [3.05, 3.63) is 119 Å². The van der Waals surface area contributed by atoms with Crippen LogP contribution < -0.4 is 21.5 Å². The highest BCUT2D eigenvalue weighted by Gasteiger charge is 2.45. The summed E-state index contributed by atoms with van der Waals surface area (Å²) in [5.41, 5.74) is 14.5. The second kappa shape index (κ2) is 23.1. The van der Waals surface area contributed by atoms with Crippen molar-refractivity contribution < 1.29 is 24.3 Å². The number of fused-ring (bicyclic) bond motifs is 1. The zero-order chi connectivity index (χ0) is 48.4. The monoisotopic (exact) mass is 943 g/mol. The van der Waals surface area contributed by atoms with Crippen LogP contribution in [0.5, 0.6) is 0 Å². The Morgan fingerprint density at radius 3 is 2.46 bits per heavy atom. The number of H-pyrrole nitrogens is 1. The van der Waals surface area contributed by atoms with Gasteiger partial charge >= 0.3 is 0 Å². The number of carbonyl (C=O) groups is 4. The minimum atomic E-state index is -0.891. The number of para-hydroxylation sites is 1. The number of β-amino-alcohol motifs (C(OH)–C–C–N with tert-alkyl or cyclic N) is 1. The number of hydrogen-bond acceptors (Lipinski definition) is 9. The van der Waals surface area contributed by atoms with E-state index < -0.39 is 23.6 Å². The van der Waals surface area contributed by atoms with Crippen LogP contribution in [0.2, 0.25) is 0 Å². The van der Waals surface area contributed by atoms with Crippen molar-refractivity contribution in [2.45, 2.75) is 130 Å². The van der Waals surface area contributed by atoms with Crippen molar-refractivity contribution in [1.82, 2.24) is 41.3 Å². The number of benzene rings is 3. The van der Waals surface area contributed by atoms with Crippen molar-refractivity contribution in [3.8, 4) is 10.4 Å². The van der Waals surface area contributed by atoms with E-state index in [1.54, 1.807) is 17.4 Å². The molecule has 1 saturated heterocycles. The number of thiazole rings is 1. The predicted molar refractivity (Wildman–Crippen MR) is 271 cm³/mol. The molecule has 1 aliphatic carbocycles. The summed E-state index contributed by atoms with van der Waals surface area (Å²) >= 11 is 1.60. The fourth-order valence-corrected chi connectivity index (χ4v) is 10.7. The topological polar surface area (TPSA) is 172 Å². The highest BCUT2D eigenvalue weighted by Crippen LogP contribution is 2.38. The number of aliphatic hydroxyl groups excluding tert-OH is 1. The van der Waals surface area contributed by atoms with Crippen LogP contribution in [0.1, 0.15) is 114 Å². The quantitative estimate of drug-likeness (QED) is 0.0222. The van der Waals surface area contributed by atoms with E-state index in [2.05, 4.69) is 115 Å². The van der Waals surface area contributed by atoms with Crippen molar-refractivity contribution in [2.24, 2.45) is 11.3 Å². The van der Waals surface area contributed by atoms with Crippen LogP contribution in [-0.2, 0) is 32.1 Å². The number of nitrogens with one attached hydrogen (secondary N) is 5. The molecule has 2 fully saturated rings. The summed E-state index contributed by atoms with van der Waals surface area (Å²) in [5, 5.41) is 18.5. The van der Waals surface area contributed by atoms with Crippen molar-refractivity contribution in [3.63, 3.8) is 0 Å². The molecule has 0 radical (unpaired) electrons. The smallest absolute Gasteiger partial charge is 0.258 e. The van der Waals surface area contributed by atoms with Crippen LogP contribution >= 0.6 is 11.3 Å². The molecule has 14 heteroatoms. The van der Waals surface area contributed by atoms with E-state index in [1.807, 2.05) is 46.2 Å². The Labute approximate surface area is 405 Å². The number of hydrogen-bond donors (Lipinski definition) is 6. The molecule has 3 heterocycles. The lowest BCUT2D eigenvalue weighted by Crippen LogP contribution is -2.57. The highest BCUT2D eigenvalue weighted by atomic mass is 32.1. The largest absolute Gasteiger partial charge is 0.391 e. The van der Waals surface area contributed by atoms with Gasteiger partial charge in [-0.05, 0) is 96.7 Å². The van der Waals surface area contributed by atoms with Gasteiger partial charge in [-0.1, -0.05) is 101 Å². The molecule has 1 saturated carbocycles. The number of amides is 4. The number of nitrogens with zero attached hydrogens (tertiary/aromatic N) is 3. The molecule has 3 aromatic carbocycles. The van der Waals surface area contributed by atoms with Gasteiger partial charge in [0.25, 0.3) is 5.91 Å². The first-order valence-corrected chi connectivity index (χ1v) is 25.2. The van der Waals surface area contributed by atoms with E-state index in [9.17, 15) is 24.3 Å². The first kappa shape index (κ1) is 50.2. The maximum Gasteiger partial charge on any atom is 0.258 e. The van der Waals surface area contributed by atoms with Crippen molar-refractivity contribution in [2.75, 3.05) is 19.6 Å². The molecule has 1 aliphatic heterocycles. The summed E-state index contributed by atoms with van der Waals surface area (Å²) in [4.78, 5) is 66.6. The molecular weight excluding hydrogens is 873 g/mol. The average molecular weight is 943 g/mol. The number of aromatic nitrogens is 2. The SMILES string of the molecule is CCCNNC(=O)/C=C/c1ccc(CN(CCc2c[nH]c3ccccc23)C2CCCC([C@H](NC(=O)[C@@H]3C[C@@H](O)CN3C(=O)[C@@H](NC(C)=O)C(C)(C)C)c3ccc(-c4scnc4C)cc3)CC2)cc1.